The first-order valence-corrected chi connectivity index (χ1v) is 11.0. The molecule has 0 aromatic heterocycles. The van der Waals surface area contributed by atoms with E-state index in [4.69, 9.17) is 4.74 Å². The highest BCUT2D eigenvalue weighted by Crippen LogP contribution is 2.46. The van der Waals surface area contributed by atoms with Gasteiger partial charge in [-0.3, -0.25) is 9.59 Å². The van der Waals surface area contributed by atoms with Gasteiger partial charge < -0.3 is 14.7 Å². The molecule has 1 aromatic rings. The third-order valence-corrected chi connectivity index (χ3v) is 7.20. The fourth-order valence-corrected chi connectivity index (χ4v) is 5.07. The number of nitrogens with one attached hydrogen (secondary N) is 1. The van der Waals surface area contributed by atoms with E-state index in [-0.39, 0.29) is 11.8 Å². The Morgan fingerprint density at radius 2 is 1.97 bits per heavy atom. The van der Waals surface area contributed by atoms with Gasteiger partial charge in [0.05, 0.1) is 12.8 Å². The van der Waals surface area contributed by atoms with E-state index in [0.717, 1.165) is 50.0 Å². The number of aliphatic hydroxyl groups is 1. The summed E-state index contributed by atoms with van der Waals surface area (Å²) in [7, 11) is 1.60. The van der Waals surface area contributed by atoms with Gasteiger partial charge in [-0.1, -0.05) is 0 Å². The maximum absolute atomic E-state index is 13.2. The molecular weight excluding hydrogens is 382 g/mol. The highest BCUT2D eigenvalue weighted by atomic mass is 16.5. The van der Waals surface area contributed by atoms with Crippen LogP contribution in [-0.2, 0) is 4.79 Å². The number of hydrogen-bond acceptors (Lipinski definition) is 5. The SMILES string of the molecule is COc1ccc(C(=O)N2CCC3(CCC(CO)CC3)CC2)cc1C1=NNC(=O)CC1. The molecule has 0 atom stereocenters. The number of amides is 2. The zero-order valence-electron chi connectivity index (χ0n) is 17.7. The second-order valence-corrected chi connectivity index (χ2v) is 8.93. The van der Waals surface area contributed by atoms with Crippen LogP contribution in [0, 0.1) is 11.3 Å². The minimum absolute atomic E-state index is 0.0400. The molecule has 162 valence electrons. The summed E-state index contributed by atoms with van der Waals surface area (Å²) in [5, 5.41) is 13.6. The zero-order chi connectivity index (χ0) is 21.1. The number of likely N-dealkylation sites (tertiary alicyclic amines) is 1. The Morgan fingerprint density at radius 3 is 2.57 bits per heavy atom. The van der Waals surface area contributed by atoms with E-state index in [9.17, 15) is 14.7 Å². The van der Waals surface area contributed by atoms with Gasteiger partial charge in [0.15, 0.2) is 0 Å². The van der Waals surface area contributed by atoms with E-state index in [1.54, 1.807) is 7.11 Å². The van der Waals surface area contributed by atoms with Gasteiger partial charge in [-0.2, -0.15) is 5.10 Å². The van der Waals surface area contributed by atoms with Gasteiger partial charge >= 0.3 is 0 Å². The Morgan fingerprint density at radius 1 is 1.23 bits per heavy atom. The van der Waals surface area contributed by atoms with Crippen LogP contribution in [0.25, 0.3) is 0 Å². The number of hydrazone groups is 1. The average molecular weight is 414 g/mol. The highest BCUT2D eigenvalue weighted by molar-refractivity contribution is 6.07. The predicted molar refractivity (Wildman–Crippen MR) is 114 cm³/mol. The van der Waals surface area contributed by atoms with Gasteiger partial charge in [0, 0.05) is 43.7 Å². The average Bonchev–Trinajstić information content (AvgIpc) is 2.80. The first kappa shape index (κ1) is 20.8. The van der Waals surface area contributed by atoms with Crippen LogP contribution in [0.15, 0.2) is 23.3 Å². The van der Waals surface area contributed by atoms with E-state index in [1.165, 1.54) is 12.8 Å². The molecule has 2 amide bonds. The minimum atomic E-state index is -0.0970. The van der Waals surface area contributed by atoms with Crippen LogP contribution in [-0.4, -0.2) is 54.3 Å². The molecule has 2 fully saturated rings. The molecule has 2 heterocycles. The monoisotopic (exact) mass is 413 g/mol. The Hall–Kier alpha value is -2.41. The number of carbonyl (C=O) groups excluding carboxylic acids is 2. The summed E-state index contributed by atoms with van der Waals surface area (Å²) < 4.78 is 5.46. The summed E-state index contributed by atoms with van der Waals surface area (Å²) in [4.78, 5) is 26.6. The molecule has 2 N–H and O–H groups in total. The maximum atomic E-state index is 13.2. The third kappa shape index (κ3) is 4.21. The van der Waals surface area contributed by atoms with Gasteiger partial charge in [-0.25, -0.2) is 5.43 Å². The number of nitrogens with zero attached hydrogens (tertiary/aromatic N) is 2. The van der Waals surface area contributed by atoms with Crippen molar-refractivity contribution in [1.29, 1.82) is 0 Å². The first-order chi connectivity index (χ1) is 14.5. The van der Waals surface area contributed by atoms with E-state index in [0.29, 0.717) is 42.1 Å². The fourth-order valence-electron chi connectivity index (χ4n) is 5.07. The van der Waals surface area contributed by atoms with Crippen LogP contribution >= 0.6 is 0 Å². The quantitative estimate of drug-likeness (QED) is 0.794. The molecule has 1 aliphatic carbocycles. The third-order valence-electron chi connectivity index (χ3n) is 7.20. The maximum Gasteiger partial charge on any atom is 0.253 e. The van der Waals surface area contributed by atoms with Crippen molar-refractivity contribution < 1.29 is 19.4 Å². The Labute approximate surface area is 177 Å². The van der Waals surface area contributed by atoms with Crippen molar-refractivity contribution in [3.8, 4) is 5.75 Å². The number of rotatable bonds is 4. The molecule has 2 aliphatic heterocycles. The first-order valence-electron chi connectivity index (χ1n) is 11.0. The van der Waals surface area contributed by atoms with E-state index >= 15 is 0 Å². The summed E-state index contributed by atoms with van der Waals surface area (Å²) in [6.45, 7) is 1.86. The largest absolute Gasteiger partial charge is 0.496 e. The Kier molecular flexibility index (Phi) is 6.09. The van der Waals surface area contributed by atoms with Crippen molar-refractivity contribution in [2.24, 2.45) is 16.4 Å². The number of piperidine rings is 1. The molecule has 4 rings (SSSR count). The molecule has 0 unspecified atom stereocenters. The van der Waals surface area contributed by atoms with E-state index in [2.05, 4.69) is 10.5 Å². The van der Waals surface area contributed by atoms with Gasteiger partial charge in [0.1, 0.15) is 5.75 Å². The van der Waals surface area contributed by atoms with Crippen molar-refractivity contribution in [1.82, 2.24) is 10.3 Å². The molecule has 1 saturated carbocycles. The van der Waals surface area contributed by atoms with Crippen LogP contribution in [0.2, 0.25) is 0 Å². The molecule has 1 saturated heterocycles. The van der Waals surface area contributed by atoms with Gasteiger partial charge in [-0.05, 0) is 68.1 Å². The van der Waals surface area contributed by atoms with E-state index < -0.39 is 0 Å². The van der Waals surface area contributed by atoms with Gasteiger partial charge in [0.25, 0.3) is 5.91 Å². The van der Waals surface area contributed by atoms with Crippen LogP contribution < -0.4 is 10.2 Å². The summed E-state index contributed by atoms with van der Waals surface area (Å²) >= 11 is 0. The Bertz CT molecular complexity index is 833. The molecule has 7 heteroatoms. The molecular formula is C23H31N3O4. The number of ether oxygens (including phenoxy) is 1. The molecule has 0 bridgehead atoms. The van der Waals surface area contributed by atoms with Crippen molar-refractivity contribution in [3.05, 3.63) is 29.3 Å². The van der Waals surface area contributed by atoms with Crippen LogP contribution in [0.1, 0.15) is 67.3 Å². The smallest absolute Gasteiger partial charge is 0.253 e. The second-order valence-electron chi connectivity index (χ2n) is 8.93. The molecule has 7 nitrogen and oxygen atoms in total. The normalized spacial score (nSPS) is 21.9. The number of aliphatic hydroxyl groups excluding tert-OH is 1. The van der Waals surface area contributed by atoms with Crippen LogP contribution in [0.5, 0.6) is 5.75 Å². The Balaban J connectivity index is 1.45. The van der Waals surface area contributed by atoms with Crippen LogP contribution in [0.3, 0.4) is 0 Å². The van der Waals surface area contributed by atoms with E-state index in [1.807, 2.05) is 23.1 Å². The molecule has 1 spiro atoms. The molecule has 3 aliphatic rings. The standard InChI is InChI=1S/C23H31N3O4/c1-30-20-4-2-17(14-18(20)19-3-5-21(28)25-24-19)22(29)26-12-10-23(11-13-26)8-6-16(15-27)7-9-23/h2,4,14,16,27H,3,5-13,15H2,1H3,(H,25,28). The summed E-state index contributed by atoms with van der Waals surface area (Å²) in [6.07, 6.45) is 7.52. The summed E-state index contributed by atoms with van der Waals surface area (Å²) in [5.74, 6) is 1.05. The van der Waals surface area contributed by atoms with Crippen molar-refractivity contribution in [2.45, 2.75) is 51.4 Å². The summed E-state index contributed by atoms with van der Waals surface area (Å²) in [6, 6.07) is 5.46. The number of carbonyl (C=O) groups is 2. The number of hydrogen-bond donors (Lipinski definition) is 2. The molecule has 1 aromatic carbocycles. The second kappa shape index (κ2) is 8.76. The molecule has 30 heavy (non-hydrogen) atoms. The van der Waals surface area contributed by atoms with Crippen molar-refractivity contribution in [3.63, 3.8) is 0 Å². The topological polar surface area (TPSA) is 91.2 Å². The molecule has 0 radical (unpaired) electrons. The number of benzene rings is 1. The lowest BCUT2D eigenvalue weighted by atomic mass is 9.65. The van der Waals surface area contributed by atoms with Gasteiger partial charge in [-0.15, -0.1) is 0 Å². The lowest BCUT2D eigenvalue weighted by Gasteiger charge is -2.45. The summed E-state index contributed by atoms with van der Waals surface area (Å²) in [5.41, 5.74) is 4.99. The lowest BCUT2D eigenvalue weighted by Crippen LogP contribution is -2.44. The number of methoxy groups -OCH3 is 1. The van der Waals surface area contributed by atoms with Gasteiger partial charge in [0.2, 0.25) is 5.91 Å². The zero-order valence-corrected chi connectivity index (χ0v) is 17.7. The van der Waals surface area contributed by atoms with Crippen molar-refractivity contribution >= 4 is 17.5 Å². The van der Waals surface area contributed by atoms with Crippen LogP contribution in [0.4, 0.5) is 0 Å². The van der Waals surface area contributed by atoms with Crippen molar-refractivity contribution in [2.75, 3.05) is 26.8 Å². The lowest BCUT2D eigenvalue weighted by molar-refractivity contribution is -0.121. The fraction of sp³-hybridized carbons (Fsp3) is 0.609. The highest BCUT2D eigenvalue weighted by Gasteiger charge is 2.39. The minimum Gasteiger partial charge on any atom is -0.496 e. The predicted octanol–water partition coefficient (Wildman–Crippen LogP) is 2.71.